The Morgan fingerprint density at radius 3 is 1.56 bits per heavy atom. The zero-order valence-electron chi connectivity index (χ0n) is 6.38. The van der Waals surface area contributed by atoms with Gasteiger partial charge in [-0.3, -0.25) is 0 Å². The number of carbonyl (C=O) groups is 1. The third-order valence-corrected chi connectivity index (χ3v) is 1.99. The van der Waals surface area contributed by atoms with Crippen LogP contribution in [0.2, 0.25) is 6.55 Å². The summed E-state index contributed by atoms with van der Waals surface area (Å²) in [7, 11) is 2.17. The Hall–Kier alpha value is -0.193. The quantitative estimate of drug-likeness (QED) is 0.420. The molecule has 0 N–H and O–H groups in total. The van der Waals surface area contributed by atoms with E-state index in [9.17, 15) is 0 Å². The Morgan fingerprint density at radius 2 is 1.56 bits per heavy atom. The van der Waals surface area contributed by atoms with Gasteiger partial charge in [0.1, 0.15) is 6.29 Å². The Kier molecular flexibility index (Phi) is 13.8. The molecule has 0 aromatic rings. The summed E-state index contributed by atoms with van der Waals surface area (Å²) in [5, 5.41) is 0. The monoisotopic (exact) mass is 150 g/mol. The first-order valence-electron chi connectivity index (χ1n) is 2.68. The average Bonchev–Trinajstić information content (AvgIpc) is 1.88. The Bertz CT molecular complexity index is 54.2. The molecule has 0 fully saturated rings. The van der Waals surface area contributed by atoms with Gasteiger partial charge in [-0.1, -0.05) is 0 Å². The number of aldehydes is 1. The molecule has 0 spiro atoms. The van der Waals surface area contributed by atoms with E-state index in [0.717, 1.165) is 6.29 Å². The zero-order chi connectivity index (χ0) is 7.70. The summed E-state index contributed by atoms with van der Waals surface area (Å²) in [6.07, 6.45) is 0.750. The smallest absolute Gasteiger partial charge is 0.317 e. The van der Waals surface area contributed by atoms with Crippen LogP contribution in [-0.2, 0) is 13.6 Å². The van der Waals surface area contributed by atoms with Gasteiger partial charge in [-0.25, -0.2) is 0 Å². The lowest BCUT2D eigenvalue weighted by Gasteiger charge is -2.00. The van der Waals surface area contributed by atoms with Crippen molar-refractivity contribution in [2.75, 3.05) is 14.2 Å². The highest BCUT2D eigenvalue weighted by molar-refractivity contribution is 6.42. The van der Waals surface area contributed by atoms with Crippen LogP contribution in [0.5, 0.6) is 0 Å². The van der Waals surface area contributed by atoms with Crippen LogP contribution >= 0.6 is 0 Å². The second kappa shape index (κ2) is 10.7. The van der Waals surface area contributed by atoms with E-state index in [1.54, 1.807) is 14.2 Å². The van der Waals surface area contributed by atoms with Crippen molar-refractivity contribution in [3.05, 3.63) is 0 Å². The summed E-state index contributed by atoms with van der Waals surface area (Å²) in [6.45, 7) is 3.42. The van der Waals surface area contributed by atoms with Gasteiger partial charge in [0.05, 0.1) is 0 Å². The average molecular weight is 150 g/mol. The van der Waals surface area contributed by atoms with Crippen molar-refractivity contribution in [1.82, 2.24) is 0 Å². The highest BCUT2D eigenvalue weighted by Crippen LogP contribution is 1.77. The highest BCUT2D eigenvalue weighted by atomic mass is 28.3. The fourth-order valence-electron chi connectivity index (χ4n) is 0.0962. The van der Waals surface area contributed by atoms with Crippen LogP contribution in [0.4, 0.5) is 0 Å². The van der Waals surface area contributed by atoms with E-state index >= 15 is 0 Å². The molecule has 3 nitrogen and oxygen atoms in total. The minimum absolute atomic E-state index is 0.750. The zero-order valence-corrected chi connectivity index (χ0v) is 7.53. The maximum Gasteiger partial charge on any atom is 0.317 e. The van der Waals surface area contributed by atoms with E-state index in [2.05, 4.69) is 0 Å². The molecule has 4 heteroatoms. The molecule has 0 rings (SSSR count). The normalized spacial score (nSPS) is 8.11. The third kappa shape index (κ3) is 18.2. The van der Waals surface area contributed by atoms with Crippen molar-refractivity contribution in [1.29, 1.82) is 0 Å². The molecule has 0 radical (unpaired) electrons. The van der Waals surface area contributed by atoms with Gasteiger partial charge in [0, 0.05) is 14.2 Å². The van der Waals surface area contributed by atoms with Gasteiger partial charge in [0.15, 0.2) is 0 Å². The maximum absolute atomic E-state index is 8.81. The molecule has 0 unspecified atom stereocenters. The minimum atomic E-state index is -1.16. The lowest BCUT2D eigenvalue weighted by Crippen LogP contribution is -2.12. The molecule has 0 amide bonds. The molecule has 0 aliphatic carbocycles. The summed E-state index contributed by atoms with van der Waals surface area (Å²) in [4.78, 5) is 8.81. The second-order valence-electron chi connectivity index (χ2n) is 1.27. The van der Waals surface area contributed by atoms with Gasteiger partial charge in [-0.05, 0) is 13.5 Å². The van der Waals surface area contributed by atoms with Crippen molar-refractivity contribution in [3.63, 3.8) is 0 Å². The molecule has 0 aromatic heterocycles. The van der Waals surface area contributed by atoms with Crippen molar-refractivity contribution >= 4 is 15.6 Å². The van der Waals surface area contributed by atoms with E-state index in [0.29, 0.717) is 0 Å². The van der Waals surface area contributed by atoms with E-state index in [1.165, 1.54) is 6.92 Å². The molecule has 0 heterocycles. The van der Waals surface area contributed by atoms with Gasteiger partial charge in [-0.15, -0.1) is 0 Å². The first-order valence-corrected chi connectivity index (χ1v) is 4.78. The Morgan fingerprint density at radius 1 is 1.33 bits per heavy atom. The van der Waals surface area contributed by atoms with E-state index in [4.69, 9.17) is 13.6 Å². The van der Waals surface area contributed by atoms with Crippen molar-refractivity contribution < 1.29 is 13.6 Å². The Balaban J connectivity index is 0. The Labute approximate surface area is 57.8 Å². The molecule has 0 aliphatic heterocycles. The molecular weight excluding hydrogens is 136 g/mol. The maximum atomic E-state index is 8.81. The van der Waals surface area contributed by atoms with Gasteiger partial charge >= 0.3 is 9.28 Å². The summed E-state index contributed by atoms with van der Waals surface area (Å²) >= 11 is 0. The molecule has 0 aromatic carbocycles. The van der Waals surface area contributed by atoms with E-state index < -0.39 is 9.28 Å². The summed E-state index contributed by atoms with van der Waals surface area (Å²) in [6, 6.07) is 0. The minimum Gasteiger partial charge on any atom is -0.400 e. The van der Waals surface area contributed by atoms with Crippen molar-refractivity contribution in [3.8, 4) is 0 Å². The van der Waals surface area contributed by atoms with Crippen LogP contribution in [0.3, 0.4) is 0 Å². The largest absolute Gasteiger partial charge is 0.400 e. The van der Waals surface area contributed by atoms with Crippen LogP contribution in [0.1, 0.15) is 6.92 Å². The van der Waals surface area contributed by atoms with Gasteiger partial charge in [-0.2, -0.15) is 0 Å². The molecule has 0 saturated carbocycles. The van der Waals surface area contributed by atoms with E-state index in [1.807, 2.05) is 6.55 Å². The molecule has 0 atom stereocenters. The molecule has 56 valence electrons. The summed E-state index contributed by atoms with van der Waals surface area (Å²) in [5.74, 6) is 0. The molecule has 0 aliphatic rings. The third-order valence-electron chi connectivity index (χ3n) is 0.664. The van der Waals surface area contributed by atoms with Crippen LogP contribution in [0.25, 0.3) is 0 Å². The summed E-state index contributed by atoms with van der Waals surface area (Å²) in [5.41, 5.74) is 0. The number of rotatable bonds is 2. The van der Waals surface area contributed by atoms with Crippen LogP contribution in [-0.4, -0.2) is 29.8 Å². The first kappa shape index (κ1) is 11.6. The molecule has 9 heavy (non-hydrogen) atoms. The lowest BCUT2D eigenvalue weighted by atomic mass is 11.0. The van der Waals surface area contributed by atoms with Gasteiger partial charge in [0.2, 0.25) is 0 Å². The standard InChI is InChI=1S/C3H10O2Si.C2H4O/c1-4-6(3)5-2;1-2-3/h6H,1-3H3;2H,1H3. The van der Waals surface area contributed by atoms with Crippen molar-refractivity contribution in [2.24, 2.45) is 0 Å². The first-order chi connectivity index (χ1) is 4.22. The van der Waals surface area contributed by atoms with Crippen molar-refractivity contribution in [2.45, 2.75) is 13.5 Å². The number of carbonyl (C=O) groups excluding carboxylic acids is 1. The fourth-order valence-corrected chi connectivity index (χ4v) is 0.289. The highest BCUT2D eigenvalue weighted by Gasteiger charge is 1.94. The lowest BCUT2D eigenvalue weighted by molar-refractivity contribution is -0.106. The fraction of sp³-hybridized carbons (Fsp3) is 0.800. The van der Waals surface area contributed by atoms with Crippen LogP contribution in [0.15, 0.2) is 0 Å². The summed E-state index contributed by atoms with van der Waals surface area (Å²) < 4.78 is 9.63. The topological polar surface area (TPSA) is 35.5 Å². The van der Waals surface area contributed by atoms with Gasteiger partial charge in [0.25, 0.3) is 0 Å². The predicted octanol–water partition coefficient (Wildman–Crippen LogP) is 0.335. The number of hydrogen-bond acceptors (Lipinski definition) is 3. The molecule has 0 bridgehead atoms. The number of hydrogen-bond donors (Lipinski definition) is 0. The predicted molar refractivity (Wildman–Crippen MR) is 38.8 cm³/mol. The van der Waals surface area contributed by atoms with Crippen LogP contribution < -0.4 is 0 Å². The SMILES string of the molecule is CC=O.CO[SiH](C)OC. The van der Waals surface area contributed by atoms with E-state index in [-0.39, 0.29) is 0 Å². The molecule has 0 saturated heterocycles. The molecular formula is C5H14O3Si. The van der Waals surface area contributed by atoms with Gasteiger partial charge < -0.3 is 13.6 Å². The van der Waals surface area contributed by atoms with Crippen LogP contribution in [0, 0.1) is 0 Å². The second-order valence-corrected chi connectivity index (χ2v) is 3.35.